The average Bonchev–Trinajstić information content (AvgIpc) is 3.89. The molecule has 0 radical (unpaired) electrons. The van der Waals surface area contributed by atoms with E-state index >= 15 is 0 Å². The number of carbonyl (C=O) groups excluding carboxylic acids is 4. The summed E-state index contributed by atoms with van der Waals surface area (Å²) in [7, 11) is 2.46. The van der Waals surface area contributed by atoms with Crippen molar-refractivity contribution >= 4 is 95.8 Å². The summed E-state index contributed by atoms with van der Waals surface area (Å²) >= 11 is 3.46. The summed E-state index contributed by atoms with van der Waals surface area (Å²) in [6, 6.07) is 51.3. The Kier molecular flexibility index (Phi) is 12.1. The van der Waals surface area contributed by atoms with Gasteiger partial charge in [0.15, 0.2) is 0 Å². The Labute approximate surface area is 435 Å². The van der Waals surface area contributed by atoms with E-state index in [1.54, 1.807) is 36.5 Å². The molecule has 0 saturated carbocycles. The number of aromatic nitrogens is 4. The molecule has 0 unspecified atom stereocenters. The minimum absolute atomic E-state index is 0.253. The molecule has 14 heteroatoms. The molecule has 1 saturated heterocycles. The lowest BCUT2D eigenvalue weighted by molar-refractivity contribution is 0.00578. The number of hydrogen-bond donors (Lipinski definition) is 0. The van der Waals surface area contributed by atoms with Crippen molar-refractivity contribution in [1.82, 2.24) is 29.7 Å². The van der Waals surface area contributed by atoms with Crippen LogP contribution in [-0.2, 0) is 9.31 Å². The van der Waals surface area contributed by atoms with Gasteiger partial charge in [0.1, 0.15) is 0 Å². The number of rotatable bonds is 4. The van der Waals surface area contributed by atoms with E-state index in [0.29, 0.717) is 22.3 Å². The smallest absolute Gasteiger partial charge is 0.399 e. The third-order valence-corrected chi connectivity index (χ3v) is 14.8. The Morgan fingerprint density at radius 1 is 0.432 bits per heavy atom. The predicted molar refractivity (Wildman–Crippen MR) is 293 cm³/mol. The number of imide groups is 2. The number of nitrogens with zero attached hydrogens (tertiary/aromatic N) is 6. The summed E-state index contributed by atoms with van der Waals surface area (Å²) in [6.07, 6.45) is 3.60. The van der Waals surface area contributed by atoms with E-state index in [2.05, 4.69) is 86.6 Å². The second kappa shape index (κ2) is 18.6. The molecule has 4 amide bonds. The number of hydrogen-bond acceptors (Lipinski definition) is 10. The Balaban J connectivity index is 0.000000124. The predicted octanol–water partition coefficient (Wildman–Crippen LogP) is 11.8. The van der Waals surface area contributed by atoms with Gasteiger partial charge in [0.25, 0.3) is 23.6 Å². The quantitative estimate of drug-likeness (QED) is 0.0949. The third kappa shape index (κ3) is 8.60. The van der Waals surface area contributed by atoms with Crippen LogP contribution in [0.1, 0.15) is 69.1 Å². The molecule has 6 aromatic carbocycles. The first-order chi connectivity index (χ1) is 35.5. The minimum atomic E-state index is -0.533. The van der Waals surface area contributed by atoms with Crippen LogP contribution < -0.4 is 5.46 Å². The fraction of sp³-hybridized carbons (Fsp3) is 0.133. The van der Waals surface area contributed by atoms with E-state index in [9.17, 15) is 19.2 Å². The number of carbonyl (C=O) groups is 4. The summed E-state index contributed by atoms with van der Waals surface area (Å²) in [5.74, 6) is -1.07. The van der Waals surface area contributed by atoms with Crippen LogP contribution in [0.25, 0.3) is 77.3 Å². The molecule has 4 aromatic heterocycles. The number of pyridine rings is 4. The second-order valence-corrected chi connectivity index (χ2v) is 20.3. The molecule has 10 aromatic rings. The topological polar surface area (TPSA) is 145 Å². The van der Waals surface area contributed by atoms with E-state index in [1.165, 1.54) is 14.1 Å². The molecule has 0 bridgehead atoms. The molecule has 74 heavy (non-hydrogen) atoms. The van der Waals surface area contributed by atoms with Gasteiger partial charge < -0.3 is 9.31 Å². The molecule has 13 rings (SSSR count). The highest BCUT2D eigenvalue weighted by Crippen LogP contribution is 2.37. The van der Waals surface area contributed by atoms with Crippen molar-refractivity contribution in [3.05, 3.63) is 197 Å². The van der Waals surface area contributed by atoms with Gasteiger partial charge in [0, 0.05) is 63.6 Å². The zero-order valence-corrected chi connectivity index (χ0v) is 42.8. The zero-order valence-electron chi connectivity index (χ0n) is 41.3. The van der Waals surface area contributed by atoms with Crippen LogP contribution in [0.4, 0.5) is 0 Å². The van der Waals surface area contributed by atoms with Gasteiger partial charge in [-0.15, -0.1) is 0 Å². The molecule has 7 heterocycles. The van der Waals surface area contributed by atoms with E-state index in [0.717, 1.165) is 97.0 Å². The SMILES string of the molecule is Brc1ccc(-c2ccc3ccc4cccnc4c3n2)cc1.CN1C(=O)c2ccc(-c3ccc(-c4ccc5ccc6cccnc6c5n4)cc3)cc2C1=O.CN1C(=O)c2ccc(B3OC(C)(C)C(C)(C)O3)cc2C1=O. The summed E-state index contributed by atoms with van der Waals surface area (Å²) in [6.45, 7) is 7.90. The molecule has 0 atom stereocenters. The van der Waals surface area contributed by atoms with Crippen molar-refractivity contribution in [3.8, 4) is 33.6 Å². The van der Waals surface area contributed by atoms with Gasteiger partial charge in [-0.05, 0) is 105 Å². The average molecular weight is 1040 g/mol. The van der Waals surface area contributed by atoms with Crippen molar-refractivity contribution in [2.24, 2.45) is 0 Å². The number of halogens is 1. The summed E-state index contributed by atoms with van der Waals surface area (Å²) in [4.78, 5) is 69.4. The Morgan fingerprint density at radius 2 is 0.824 bits per heavy atom. The lowest BCUT2D eigenvalue weighted by Gasteiger charge is -2.32. The Morgan fingerprint density at radius 3 is 1.32 bits per heavy atom. The van der Waals surface area contributed by atoms with Crippen LogP contribution in [0.2, 0.25) is 0 Å². The van der Waals surface area contributed by atoms with Gasteiger partial charge in [-0.1, -0.05) is 113 Å². The van der Waals surface area contributed by atoms with Crippen LogP contribution >= 0.6 is 15.9 Å². The van der Waals surface area contributed by atoms with Gasteiger partial charge in [-0.3, -0.25) is 38.9 Å². The van der Waals surface area contributed by atoms with Gasteiger partial charge in [-0.2, -0.15) is 0 Å². The first-order valence-electron chi connectivity index (χ1n) is 24.0. The molecular weight excluding hydrogens is 991 g/mol. The number of benzene rings is 6. The third-order valence-electron chi connectivity index (χ3n) is 14.2. The van der Waals surface area contributed by atoms with Gasteiger partial charge >= 0.3 is 7.12 Å². The fourth-order valence-corrected chi connectivity index (χ4v) is 9.53. The summed E-state index contributed by atoms with van der Waals surface area (Å²) < 4.78 is 13.0. The molecule has 0 spiro atoms. The van der Waals surface area contributed by atoms with Crippen LogP contribution in [0, 0.1) is 0 Å². The van der Waals surface area contributed by atoms with Crippen molar-refractivity contribution < 1.29 is 28.5 Å². The molecular formula is C60H46BBrN6O6. The van der Waals surface area contributed by atoms with Gasteiger partial charge in [0.2, 0.25) is 0 Å². The maximum absolute atomic E-state index is 12.3. The van der Waals surface area contributed by atoms with Crippen LogP contribution in [0.3, 0.4) is 0 Å². The van der Waals surface area contributed by atoms with E-state index < -0.39 is 18.3 Å². The van der Waals surface area contributed by atoms with Crippen molar-refractivity contribution in [2.75, 3.05) is 14.1 Å². The molecule has 0 aliphatic carbocycles. The van der Waals surface area contributed by atoms with E-state index in [-0.39, 0.29) is 23.6 Å². The van der Waals surface area contributed by atoms with Crippen LogP contribution in [0.5, 0.6) is 0 Å². The maximum atomic E-state index is 12.3. The van der Waals surface area contributed by atoms with Crippen LogP contribution in [0.15, 0.2) is 175 Å². The lowest BCUT2D eigenvalue weighted by Crippen LogP contribution is -2.41. The molecule has 0 N–H and O–H groups in total. The Hall–Kier alpha value is -8.30. The maximum Gasteiger partial charge on any atom is 0.494 e. The monoisotopic (exact) mass is 1040 g/mol. The number of amides is 4. The van der Waals surface area contributed by atoms with Crippen LogP contribution in [-0.4, -0.2) is 85.8 Å². The molecule has 12 nitrogen and oxygen atoms in total. The highest BCUT2D eigenvalue weighted by Gasteiger charge is 2.52. The van der Waals surface area contributed by atoms with E-state index in [1.807, 2.05) is 101 Å². The second-order valence-electron chi connectivity index (χ2n) is 19.4. The molecule has 3 aliphatic rings. The standard InChI is InChI=1S/C27H17N3O2.C18H11BrN2.C15H18BNO4/c1-30-26(31)21-12-10-20(15-22(21)27(30)32)16-4-6-17(7-5-16)23-13-11-19-9-8-18-3-2-14-28-24(18)25(19)29-23;19-15-8-5-12(6-9-15)16-10-7-14-4-3-13-2-1-11-20-17(13)18(14)21-16;1-14(2)15(3,4)21-16(20-14)9-6-7-10-11(8-9)13(19)17(5)12(10)18/h2-15H,1H3;1-11H;6-8H,1-5H3. The van der Waals surface area contributed by atoms with E-state index in [4.69, 9.17) is 19.3 Å². The lowest BCUT2D eigenvalue weighted by atomic mass is 9.78. The van der Waals surface area contributed by atoms with Crippen molar-refractivity contribution in [2.45, 2.75) is 38.9 Å². The molecule has 1 fully saturated rings. The zero-order chi connectivity index (χ0) is 51.6. The van der Waals surface area contributed by atoms with Crippen molar-refractivity contribution in [1.29, 1.82) is 0 Å². The van der Waals surface area contributed by atoms with Gasteiger partial charge in [0.05, 0.1) is 66.9 Å². The largest absolute Gasteiger partial charge is 0.494 e. The minimum Gasteiger partial charge on any atom is -0.399 e. The molecule has 362 valence electrons. The van der Waals surface area contributed by atoms with Gasteiger partial charge in [-0.25, -0.2) is 9.97 Å². The summed E-state index contributed by atoms with van der Waals surface area (Å²) in [5, 5.41) is 4.35. The normalized spacial score (nSPS) is 15.4. The molecule has 3 aliphatic heterocycles. The highest BCUT2D eigenvalue weighted by atomic mass is 79.9. The number of fused-ring (bicyclic) bond motifs is 8. The Bertz CT molecular complexity index is 3940. The fourth-order valence-electron chi connectivity index (χ4n) is 9.27. The first-order valence-corrected chi connectivity index (χ1v) is 24.8. The van der Waals surface area contributed by atoms with Crippen molar-refractivity contribution in [3.63, 3.8) is 0 Å². The first kappa shape index (κ1) is 48.0. The highest BCUT2D eigenvalue weighted by molar-refractivity contribution is 9.10. The summed E-state index contributed by atoms with van der Waals surface area (Å²) in [5.41, 5.74) is 11.1.